The first kappa shape index (κ1) is 27.1. The van der Waals surface area contributed by atoms with Gasteiger partial charge in [-0.2, -0.15) is 0 Å². The van der Waals surface area contributed by atoms with Crippen molar-refractivity contribution in [2.75, 3.05) is 0 Å². The zero-order valence-electron chi connectivity index (χ0n) is 19.6. The Labute approximate surface area is 193 Å². The Morgan fingerprint density at radius 1 is 0.812 bits per heavy atom. The molecule has 1 aromatic rings. The maximum Gasteiger partial charge on any atom is 0.163 e. The number of benzene rings is 1. The lowest BCUT2D eigenvalue weighted by Gasteiger charge is -2.05. The van der Waals surface area contributed by atoms with Crippen molar-refractivity contribution >= 4 is 11.6 Å². The molecule has 0 aliphatic carbocycles. The molecule has 0 spiro atoms. The zero-order chi connectivity index (χ0) is 23.4. The standard InChI is InChI=1S/C29H38O3/c1-3-4-5-6-7-8-9-10-11-12-13-14-15-16-17-18-19-20-27(31)23-26-21-22-29(32)28(24-26)25(2)30/h4-5,7-8,10-11,13-14,16-17,21-22,24,32H,3,6,9,12,15,18-20,23H2,1-2H3/b5-4-,8-7-,11-10-,14-13-,17-16-. The minimum atomic E-state index is -0.199. The average molecular weight is 435 g/mol. The number of phenols is 1. The van der Waals surface area contributed by atoms with Crippen LogP contribution in [0.1, 0.15) is 81.1 Å². The largest absolute Gasteiger partial charge is 0.507 e. The summed E-state index contributed by atoms with van der Waals surface area (Å²) in [5.41, 5.74) is 1.04. The predicted octanol–water partition coefficient (Wildman–Crippen LogP) is 7.63. The molecule has 1 rings (SSSR count). The van der Waals surface area contributed by atoms with Gasteiger partial charge in [-0.15, -0.1) is 0 Å². The fraction of sp³-hybridized carbons (Fsp3) is 0.379. The van der Waals surface area contributed by atoms with E-state index in [2.05, 4.69) is 67.7 Å². The van der Waals surface area contributed by atoms with Gasteiger partial charge in [0, 0.05) is 12.8 Å². The number of carbonyl (C=O) groups is 2. The molecule has 0 amide bonds. The van der Waals surface area contributed by atoms with Crippen LogP contribution in [0.2, 0.25) is 0 Å². The SMILES string of the molecule is CC/C=C\C/C=C\C/C=C\C/C=C\C/C=C\CCCC(=O)Cc1ccc(O)c(C(C)=O)c1. The van der Waals surface area contributed by atoms with Crippen molar-refractivity contribution in [3.05, 3.63) is 90.1 Å². The molecule has 3 nitrogen and oxygen atoms in total. The Morgan fingerprint density at radius 2 is 1.34 bits per heavy atom. The van der Waals surface area contributed by atoms with E-state index >= 15 is 0 Å². The molecule has 0 fully saturated rings. The number of hydrogen-bond donors (Lipinski definition) is 1. The fourth-order valence-electron chi connectivity index (χ4n) is 3.08. The molecule has 0 aliphatic heterocycles. The number of phenolic OH excluding ortho intramolecular Hbond substituents is 1. The first-order chi connectivity index (χ1) is 15.5. The summed E-state index contributed by atoms with van der Waals surface area (Å²) >= 11 is 0. The average Bonchev–Trinajstić information content (AvgIpc) is 2.77. The molecule has 0 unspecified atom stereocenters. The second-order valence-corrected chi connectivity index (χ2v) is 7.72. The lowest BCUT2D eigenvalue weighted by Crippen LogP contribution is -2.04. The number of Topliss-reactive ketones (excluding diaryl/α,β-unsaturated/α-hetero) is 2. The summed E-state index contributed by atoms with van der Waals surface area (Å²) in [6, 6.07) is 4.79. The van der Waals surface area contributed by atoms with E-state index in [4.69, 9.17) is 0 Å². The van der Waals surface area contributed by atoms with Gasteiger partial charge in [-0.05, 0) is 69.6 Å². The third kappa shape index (κ3) is 13.4. The lowest BCUT2D eigenvalue weighted by atomic mass is 10.0. The first-order valence-electron chi connectivity index (χ1n) is 11.6. The molecule has 1 N–H and O–H groups in total. The van der Waals surface area contributed by atoms with Gasteiger partial charge >= 0.3 is 0 Å². The van der Waals surface area contributed by atoms with E-state index in [0.717, 1.165) is 50.5 Å². The highest BCUT2D eigenvalue weighted by molar-refractivity contribution is 5.97. The normalized spacial score (nSPS) is 12.3. The number of hydrogen-bond acceptors (Lipinski definition) is 3. The first-order valence-corrected chi connectivity index (χ1v) is 11.6. The minimum absolute atomic E-state index is 0.0351. The summed E-state index contributed by atoms with van der Waals surface area (Å²) in [5.74, 6) is -0.0835. The van der Waals surface area contributed by atoms with Crippen LogP contribution in [0.5, 0.6) is 5.75 Å². The molecule has 0 aromatic heterocycles. The molecular weight excluding hydrogens is 396 g/mol. The molecule has 0 heterocycles. The Kier molecular flexibility index (Phi) is 15.0. The molecule has 0 saturated carbocycles. The van der Waals surface area contributed by atoms with E-state index in [9.17, 15) is 14.7 Å². The van der Waals surface area contributed by atoms with Crippen molar-refractivity contribution < 1.29 is 14.7 Å². The summed E-state index contributed by atoms with van der Waals surface area (Å²) < 4.78 is 0. The molecule has 0 atom stereocenters. The maximum absolute atomic E-state index is 12.1. The van der Waals surface area contributed by atoms with E-state index in [-0.39, 0.29) is 22.9 Å². The number of allylic oxidation sites excluding steroid dienone is 10. The molecule has 0 saturated heterocycles. The van der Waals surface area contributed by atoms with Gasteiger partial charge < -0.3 is 5.11 Å². The molecule has 3 heteroatoms. The van der Waals surface area contributed by atoms with E-state index in [1.807, 2.05) is 0 Å². The van der Waals surface area contributed by atoms with Crippen molar-refractivity contribution in [1.82, 2.24) is 0 Å². The topological polar surface area (TPSA) is 54.4 Å². The molecule has 32 heavy (non-hydrogen) atoms. The molecule has 0 aliphatic rings. The van der Waals surface area contributed by atoms with Crippen LogP contribution >= 0.6 is 0 Å². The van der Waals surface area contributed by atoms with Crippen LogP contribution in [0.4, 0.5) is 0 Å². The molecule has 1 aromatic carbocycles. The van der Waals surface area contributed by atoms with Crippen LogP contribution in [0.15, 0.2) is 79.0 Å². The smallest absolute Gasteiger partial charge is 0.163 e. The van der Waals surface area contributed by atoms with Gasteiger partial charge in [0.1, 0.15) is 11.5 Å². The van der Waals surface area contributed by atoms with E-state index in [1.54, 1.807) is 12.1 Å². The van der Waals surface area contributed by atoms with Crippen molar-refractivity contribution in [1.29, 1.82) is 0 Å². The van der Waals surface area contributed by atoms with Crippen molar-refractivity contribution in [3.8, 4) is 5.75 Å². The van der Waals surface area contributed by atoms with Gasteiger partial charge in [0.2, 0.25) is 0 Å². The number of ketones is 2. The quantitative estimate of drug-likeness (QED) is 0.165. The van der Waals surface area contributed by atoms with Crippen LogP contribution in [-0.2, 0) is 11.2 Å². The summed E-state index contributed by atoms with van der Waals surface area (Å²) in [6.45, 7) is 3.55. The Balaban J connectivity index is 2.12. The third-order valence-electron chi connectivity index (χ3n) is 4.83. The number of rotatable bonds is 16. The van der Waals surface area contributed by atoms with Crippen molar-refractivity contribution in [3.63, 3.8) is 0 Å². The van der Waals surface area contributed by atoms with Gasteiger partial charge in [-0.3, -0.25) is 9.59 Å². The second-order valence-electron chi connectivity index (χ2n) is 7.72. The maximum atomic E-state index is 12.1. The van der Waals surface area contributed by atoms with Gasteiger partial charge in [-0.25, -0.2) is 0 Å². The Bertz CT molecular complexity index is 838. The van der Waals surface area contributed by atoms with E-state index < -0.39 is 0 Å². The Hall–Kier alpha value is -2.94. The van der Waals surface area contributed by atoms with Crippen LogP contribution in [-0.4, -0.2) is 16.7 Å². The summed E-state index contributed by atoms with van der Waals surface area (Å²) in [4.78, 5) is 23.6. The zero-order valence-corrected chi connectivity index (χ0v) is 19.6. The fourth-order valence-corrected chi connectivity index (χ4v) is 3.08. The Morgan fingerprint density at radius 3 is 1.88 bits per heavy atom. The van der Waals surface area contributed by atoms with Crippen LogP contribution in [0, 0.1) is 0 Å². The summed E-state index contributed by atoms with van der Waals surface area (Å²) in [6.07, 6.45) is 29.2. The highest BCUT2D eigenvalue weighted by Gasteiger charge is 2.09. The molecular formula is C29H38O3. The second kappa shape index (κ2) is 17.7. The van der Waals surface area contributed by atoms with Gasteiger partial charge in [0.15, 0.2) is 5.78 Å². The van der Waals surface area contributed by atoms with Gasteiger partial charge in [0.25, 0.3) is 0 Å². The summed E-state index contributed by atoms with van der Waals surface area (Å²) in [7, 11) is 0. The lowest BCUT2D eigenvalue weighted by molar-refractivity contribution is -0.118. The van der Waals surface area contributed by atoms with Crippen LogP contribution in [0.3, 0.4) is 0 Å². The van der Waals surface area contributed by atoms with E-state index in [0.29, 0.717) is 12.8 Å². The van der Waals surface area contributed by atoms with Gasteiger partial charge in [-0.1, -0.05) is 73.8 Å². The molecule has 172 valence electrons. The van der Waals surface area contributed by atoms with Crippen molar-refractivity contribution in [2.45, 2.75) is 71.6 Å². The highest BCUT2D eigenvalue weighted by Crippen LogP contribution is 2.19. The van der Waals surface area contributed by atoms with Gasteiger partial charge in [0.05, 0.1) is 5.56 Å². The van der Waals surface area contributed by atoms with E-state index in [1.165, 1.54) is 13.0 Å². The minimum Gasteiger partial charge on any atom is -0.507 e. The number of aromatic hydroxyl groups is 1. The third-order valence-corrected chi connectivity index (χ3v) is 4.83. The molecule has 0 radical (unpaired) electrons. The molecule has 0 bridgehead atoms. The number of unbranched alkanes of at least 4 members (excludes halogenated alkanes) is 1. The van der Waals surface area contributed by atoms with Crippen molar-refractivity contribution in [2.24, 2.45) is 0 Å². The number of carbonyl (C=O) groups excluding carboxylic acids is 2. The van der Waals surface area contributed by atoms with Crippen LogP contribution < -0.4 is 0 Å². The van der Waals surface area contributed by atoms with Crippen LogP contribution in [0.25, 0.3) is 0 Å². The summed E-state index contributed by atoms with van der Waals surface area (Å²) in [5, 5.41) is 9.68. The predicted molar refractivity (Wildman–Crippen MR) is 135 cm³/mol. The monoisotopic (exact) mass is 434 g/mol. The highest BCUT2D eigenvalue weighted by atomic mass is 16.3.